The number of nitroso groups, excluding NO2 is 1. The number of nitrogens with two attached hydrogens (primary N) is 1. The Bertz CT molecular complexity index is 258. The maximum absolute atomic E-state index is 10.1. The molecule has 0 aromatic heterocycles. The van der Waals surface area contributed by atoms with Gasteiger partial charge in [-0.05, 0) is 29.8 Å². The molecule has 0 aliphatic rings. The van der Waals surface area contributed by atoms with E-state index in [1.54, 1.807) is 18.2 Å². The molecule has 0 unspecified atom stereocenters. The lowest BCUT2D eigenvalue weighted by atomic mass is 10.2. The molecule has 0 fully saturated rings. The average molecular weight is 136 g/mol. The summed E-state index contributed by atoms with van der Waals surface area (Å²) < 4.78 is 0. The van der Waals surface area contributed by atoms with Crippen LogP contribution in [0.5, 0.6) is 0 Å². The Kier molecular flexibility index (Phi) is 1.67. The monoisotopic (exact) mass is 136 g/mol. The molecule has 1 aromatic carbocycles. The fourth-order valence-electron chi connectivity index (χ4n) is 0.725. The van der Waals surface area contributed by atoms with Gasteiger partial charge in [-0.15, -0.1) is 4.91 Å². The van der Waals surface area contributed by atoms with Crippen molar-refractivity contribution in [3.63, 3.8) is 0 Å². The third-order valence-electron chi connectivity index (χ3n) is 1.33. The van der Waals surface area contributed by atoms with Gasteiger partial charge in [-0.1, -0.05) is 6.07 Å². The van der Waals surface area contributed by atoms with Crippen molar-refractivity contribution >= 4 is 11.4 Å². The highest BCUT2D eigenvalue weighted by Crippen LogP contribution is 2.20. The van der Waals surface area contributed by atoms with Crippen LogP contribution in [0.25, 0.3) is 0 Å². The second-order valence-electron chi connectivity index (χ2n) is 2.14. The van der Waals surface area contributed by atoms with Crippen molar-refractivity contribution in [3.8, 4) is 0 Å². The number of aryl methyl sites for hydroxylation is 1. The number of rotatable bonds is 1. The van der Waals surface area contributed by atoms with Crippen LogP contribution in [0.3, 0.4) is 0 Å². The first-order valence-electron chi connectivity index (χ1n) is 2.93. The normalized spacial score (nSPS) is 9.30. The predicted molar refractivity (Wildman–Crippen MR) is 41.0 cm³/mol. The molecule has 0 saturated carbocycles. The molecular formula is C7H8N2O. The second kappa shape index (κ2) is 2.47. The molecular weight excluding hydrogens is 128 g/mol. The van der Waals surface area contributed by atoms with Crippen molar-refractivity contribution < 1.29 is 0 Å². The summed E-state index contributed by atoms with van der Waals surface area (Å²) >= 11 is 0. The number of nitrogen functional groups attached to an aromatic ring is 1. The van der Waals surface area contributed by atoms with E-state index in [0.29, 0.717) is 11.4 Å². The van der Waals surface area contributed by atoms with Gasteiger partial charge in [0.05, 0.1) is 0 Å². The summed E-state index contributed by atoms with van der Waals surface area (Å²) in [6.45, 7) is 1.82. The van der Waals surface area contributed by atoms with E-state index in [-0.39, 0.29) is 0 Å². The van der Waals surface area contributed by atoms with Crippen LogP contribution in [-0.2, 0) is 0 Å². The van der Waals surface area contributed by atoms with E-state index >= 15 is 0 Å². The molecule has 0 spiro atoms. The van der Waals surface area contributed by atoms with Crippen LogP contribution in [0.2, 0.25) is 0 Å². The van der Waals surface area contributed by atoms with Gasteiger partial charge in [-0.3, -0.25) is 0 Å². The quantitative estimate of drug-likeness (QED) is 0.474. The second-order valence-corrected chi connectivity index (χ2v) is 2.14. The van der Waals surface area contributed by atoms with Crippen molar-refractivity contribution in [2.24, 2.45) is 5.18 Å². The first-order valence-corrected chi connectivity index (χ1v) is 2.93. The Morgan fingerprint density at radius 2 is 2.20 bits per heavy atom. The first-order chi connectivity index (χ1) is 4.74. The average Bonchev–Trinajstić information content (AvgIpc) is 1.94. The fraction of sp³-hybridized carbons (Fsp3) is 0.143. The van der Waals surface area contributed by atoms with Gasteiger partial charge < -0.3 is 5.73 Å². The molecule has 0 saturated heterocycles. The van der Waals surface area contributed by atoms with Crippen LogP contribution >= 0.6 is 0 Å². The lowest BCUT2D eigenvalue weighted by Crippen LogP contribution is -1.83. The van der Waals surface area contributed by atoms with Crippen LogP contribution in [-0.4, -0.2) is 0 Å². The number of benzene rings is 1. The number of hydrogen-bond donors (Lipinski definition) is 1. The van der Waals surface area contributed by atoms with Crippen LogP contribution in [0.1, 0.15) is 5.56 Å². The zero-order valence-corrected chi connectivity index (χ0v) is 5.66. The molecule has 1 aromatic rings. The molecule has 0 heterocycles. The fourth-order valence-corrected chi connectivity index (χ4v) is 0.725. The van der Waals surface area contributed by atoms with E-state index in [0.717, 1.165) is 5.56 Å². The summed E-state index contributed by atoms with van der Waals surface area (Å²) in [6.07, 6.45) is 0. The van der Waals surface area contributed by atoms with Crippen molar-refractivity contribution in [1.29, 1.82) is 0 Å². The number of hydrogen-bond acceptors (Lipinski definition) is 3. The smallest absolute Gasteiger partial charge is 0.112 e. The molecule has 0 aliphatic heterocycles. The van der Waals surface area contributed by atoms with Gasteiger partial charge in [0.1, 0.15) is 5.69 Å². The van der Waals surface area contributed by atoms with Gasteiger partial charge in [0, 0.05) is 5.69 Å². The highest BCUT2D eigenvalue weighted by molar-refractivity contribution is 5.55. The molecule has 0 amide bonds. The third kappa shape index (κ3) is 1.13. The molecule has 10 heavy (non-hydrogen) atoms. The van der Waals surface area contributed by atoms with Crippen LogP contribution in [0.4, 0.5) is 11.4 Å². The molecule has 2 N–H and O–H groups in total. The molecule has 0 radical (unpaired) electrons. The van der Waals surface area contributed by atoms with Gasteiger partial charge in [0.15, 0.2) is 0 Å². The maximum atomic E-state index is 10.1. The Hall–Kier alpha value is -1.38. The minimum absolute atomic E-state index is 0.417. The van der Waals surface area contributed by atoms with Crippen LogP contribution in [0, 0.1) is 11.8 Å². The molecule has 52 valence electrons. The summed E-state index contributed by atoms with van der Waals surface area (Å²) in [5.74, 6) is 0. The minimum atomic E-state index is 0.417. The Morgan fingerprint density at radius 3 is 2.70 bits per heavy atom. The Balaban J connectivity index is 3.21. The SMILES string of the molecule is Cc1ccc(N)cc1N=O. The maximum Gasteiger partial charge on any atom is 0.112 e. The van der Waals surface area contributed by atoms with E-state index in [2.05, 4.69) is 5.18 Å². The van der Waals surface area contributed by atoms with Crippen LogP contribution in [0.15, 0.2) is 23.4 Å². The van der Waals surface area contributed by atoms with Gasteiger partial charge in [-0.25, -0.2) is 0 Å². The first kappa shape index (κ1) is 6.74. The summed E-state index contributed by atoms with van der Waals surface area (Å²) in [7, 11) is 0. The van der Waals surface area contributed by atoms with E-state index in [1.165, 1.54) is 0 Å². The molecule has 0 bridgehead atoms. The van der Waals surface area contributed by atoms with E-state index < -0.39 is 0 Å². The predicted octanol–water partition coefficient (Wildman–Crippen LogP) is 1.98. The minimum Gasteiger partial charge on any atom is -0.399 e. The summed E-state index contributed by atoms with van der Waals surface area (Å²) in [4.78, 5) is 10.1. The molecule has 3 heteroatoms. The number of anilines is 1. The van der Waals surface area contributed by atoms with Crippen molar-refractivity contribution in [3.05, 3.63) is 28.7 Å². The molecule has 0 atom stereocenters. The highest BCUT2D eigenvalue weighted by atomic mass is 16.3. The molecule has 1 rings (SSSR count). The van der Waals surface area contributed by atoms with Gasteiger partial charge >= 0.3 is 0 Å². The highest BCUT2D eigenvalue weighted by Gasteiger charge is 1.96. The summed E-state index contributed by atoms with van der Waals surface area (Å²) in [5.41, 5.74) is 7.24. The zero-order chi connectivity index (χ0) is 7.56. The van der Waals surface area contributed by atoms with Crippen molar-refractivity contribution in [2.45, 2.75) is 6.92 Å². The zero-order valence-electron chi connectivity index (χ0n) is 5.66. The summed E-state index contributed by atoms with van der Waals surface area (Å²) in [5, 5.41) is 2.80. The van der Waals surface area contributed by atoms with Crippen LogP contribution < -0.4 is 5.73 Å². The Morgan fingerprint density at radius 1 is 1.50 bits per heavy atom. The standard InChI is InChI=1S/C7H8N2O/c1-5-2-3-6(8)4-7(5)9-10/h2-4H,8H2,1H3. The van der Waals surface area contributed by atoms with Crippen molar-refractivity contribution in [1.82, 2.24) is 0 Å². The third-order valence-corrected chi connectivity index (χ3v) is 1.33. The van der Waals surface area contributed by atoms with Crippen molar-refractivity contribution in [2.75, 3.05) is 5.73 Å². The van der Waals surface area contributed by atoms with E-state index in [1.807, 2.05) is 6.92 Å². The van der Waals surface area contributed by atoms with Gasteiger partial charge in [-0.2, -0.15) is 0 Å². The lowest BCUT2D eigenvalue weighted by molar-refractivity contribution is 1.39. The molecule has 0 aliphatic carbocycles. The van der Waals surface area contributed by atoms with Gasteiger partial charge in [0.2, 0.25) is 0 Å². The lowest BCUT2D eigenvalue weighted by Gasteiger charge is -1.96. The summed E-state index contributed by atoms with van der Waals surface area (Å²) in [6, 6.07) is 5.07. The van der Waals surface area contributed by atoms with E-state index in [4.69, 9.17) is 5.73 Å². The van der Waals surface area contributed by atoms with E-state index in [9.17, 15) is 4.91 Å². The number of nitrogens with zero attached hydrogens (tertiary/aromatic N) is 1. The largest absolute Gasteiger partial charge is 0.399 e. The Labute approximate surface area is 58.8 Å². The molecule has 3 nitrogen and oxygen atoms in total. The topological polar surface area (TPSA) is 55.4 Å². The van der Waals surface area contributed by atoms with Gasteiger partial charge in [0.25, 0.3) is 0 Å².